The maximum Gasteiger partial charge on any atom is 0.0827 e. The normalized spacial score (nSPS) is 23.9. The van der Waals surface area contributed by atoms with Gasteiger partial charge < -0.3 is 0 Å². The Morgan fingerprint density at radius 2 is 1.79 bits per heavy atom. The highest BCUT2D eigenvalue weighted by Gasteiger charge is 2.20. The van der Waals surface area contributed by atoms with E-state index in [1.54, 1.807) is 6.08 Å². The van der Waals surface area contributed by atoms with Gasteiger partial charge in [-0.3, -0.25) is 0 Å². The Morgan fingerprint density at radius 3 is 2.37 bits per heavy atom. The third-order valence-electron chi connectivity index (χ3n) is 4.56. The molecule has 0 spiro atoms. The molecule has 1 heteroatoms. The van der Waals surface area contributed by atoms with Gasteiger partial charge in [-0.25, -0.2) is 4.39 Å². The molecule has 1 aliphatic carbocycles. The summed E-state index contributed by atoms with van der Waals surface area (Å²) >= 11 is 0. The maximum absolute atomic E-state index is 11.9. The Labute approximate surface area is 116 Å². The molecule has 0 nitrogen and oxygen atoms in total. The number of halogens is 1. The molecule has 1 aromatic carbocycles. The molecule has 0 heterocycles. The first-order chi connectivity index (χ1) is 9.33. The van der Waals surface area contributed by atoms with Crippen molar-refractivity contribution >= 4 is 0 Å². The second-order valence-corrected chi connectivity index (χ2v) is 5.77. The van der Waals surface area contributed by atoms with Crippen LogP contribution in [0.1, 0.15) is 62.5 Å². The molecule has 0 aliphatic heterocycles. The van der Waals surface area contributed by atoms with Gasteiger partial charge in [0.05, 0.1) is 6.33 Å². The maximum atomic E-state index is 11.9. The van der Waals surface area contributed by atoms with Gasteiger partial charge in [0, 0.05) is 0 Å². The average molecular weight is 260 g/mol. The van der Waals surface area contributed by atoms with Crippen molar-refractivity contribution in [3.8, 4) is 0 Å². The largest absolute Gasteiger partial charge is 0.216 e. The molecule has 0 N–H and O–H groups in total. The van der Waals surface area contributed by atoms with Crippen LogP contribution in [0.15, 0.2) is 36.7 Å². The molecule has 2 rings (SSSR count). The predicted octanol–water partition coefficient (Wildman–Crippen LogP) is 5.79. The Morgan fingerprint density at radius 1 is 1.11 bits per heavy atom. The minimum atomic E-state index is 0.639. The fourth-order valence-electron chi connectivity index (χ4n) is 3.17. The summed E-state index contributed by atoms with van der Waals surface area (Å²) in [5.74, 6) is 1.73. The topological polar surface area (TPSA) is 0 Å². The molecule has 0 radical (unpaired) electrons. The summed E-state index contributed by atoms with van der Waals surface area (Å²) in [6.07, 6.45) is 10.8. The number of hydrogen-bond donors (Lipinski definition) is 0. The van der Waals surface area contributed by atoms with Gasteiger partial charge in [-0.1, -0.05) is 43.7 Å². The van der Waals surface area contributed by atoms with E-state index in [1.165, 1.54) is 43.2 Å². The summed E-state index contributed by atoms with van der Waals surface area (Å²) in [5, 5.41) is 0. The Kier molecular flexibility index (Phi) is 5.62. The predicted molar refractivity (Wildman–Crippen MR) is 80.0 cm³/mol. The smallest absolute Gasteiger partial charge is 0.0827 e. The fourth-order valence-corrected chi connectivity index (χ4v) is 3.17. The highest BCUT2D eigenvalue weighted by Crippen LogP contribution is 2.36. The van der Waals surface area contributed by atoms with Crippen molar-refractivity contribution in [2.75, 3.05) is 0 Å². The van der Waals surface area contributed by atoms with Crippen molar-refractivity contribution in [1.82, 2.24) is 0 Å². The summed E-state index contributed by atoms with van der Waals surface area (Å²) in [6.45, 7) is 2.31. The van der Waals surface area contributed by atoms with E-state index in [4.69, 9.17) is 0 Å². The van der Waals surface area contributed by atoms with E-state index < -0.39 is 0 Å². The lowest BCUT2D eigenvalue weighted by Gasteiger charge is -2.28. The summed E-state index contributed by atoms with van der Waals surface area (Å²) < 4.78 is 11.9. The number of benzene rings is 1. The van der Waals surface area contributed by atoms with Crippen LogP contribution in [0.3, 0.4) is 0 Å². The quantitative estimate of drug-likeness (QED) is 0.629. The molecule has 1 aliphatic rings. The van der Waals surface area contributed by atoms with E-state index in [9.17, 15) is 4.39 Å². The summed E-state index contributed by atoms with van der Waals surface area (Å²) in [7, 11) is 0. The number of hydrogen-bond acceptors (Lipinski definition) is 0. The van der Waals surface area contributed by atoms with Gasteiger partial charge in [-0.2, -0.15) is 0 Å². The third-order valence-corrected chi connectivity index (χ3v) is 4.56. The van der Waals surface area contributed by atoms with Crippen LogP contribution in [0.4, 0.5) is 4.39 Å². The molecule has 1 aromatic rings. The highest BCUT2D eigenvalue weighted by molar-refractivity contribution is 5.26. The van der Waals surface area contributed by atoms with Crippen molar-refractivity contribution in [2.45, 2.75) is 57.8 Å². The van der Waals surface area contributed by atoms with E-state index in [-0.39, 0.29) is 0 Å². The minimum Gasteiger partial charge on any atom is -0.216 e. The Bertz CT molecular complexity index is 383. The van der Waals surface area contributed by atoms with Crippen LogP contribution in [-0.4, -0.2) is 0 Å². The van der Waals surface area contributed by atoms with E-state index in [2.05, 4.69) is 31.2 Å². The molecule has 0 bridgehead atoms. The van der Waals surface area contributed by atoms with E-state index in [1.807, 2.05) is 0 Å². The monoisotopic (exact) mass is 260 g/mol. The van der Waals surface area contributed by atoms with Crippen LogP contribution in [0.25, 0.3) is 0 Å². The van der Waals surface area contributed by atoms with Crippen molar-refractivity contribution < 1.29 is 4.39 Å². The van der Waals surface area contributed by atoms with Crippen molar-refractivity contribution in [2.24, 2.45) is 5.92 Å². The van der Waals surface area contributed by atoms with Gasteiger partial charge in [0.1, 0.15) is 0 Å². The van der Waals surface area contributed by atoms with Gasteiger partial charge >= 0.3 is 0 Å². The van der Waals surface area contributed by atoms with E-state index in [0.717, 1.165) is 24.7 Å². The van der Waals surface area contributed by atoms with Crippen LogP contribution < -0.4 is 0 Å². The first kappa shape index (κ1) is 14.3. The average Bonchev–Trinajstić information content (AvgIpc) is 2.48. The Hall–Kier alpha value is -1.11. The third kappa shape index (κ3) is 4.19. The number of allylic oxidation sites excluding steroid dienone is 1. The van der Waals surface area contributed by atoms with E-state index >= 15 is 0 Å². The van der Waals surface area contributed by atoms with Crippen LogP contribution >= 0.6 is 0 Å². The summed E-state index contributed by atoms with van der Waals surface area (Å²) in [5.41, 5.74) is 2.81. The van der Waals surface area contributed by atoms with Gasteiger partial charge in [0.2, 0.25) is 0 Å². The molecule has 0 saturated heterocycles. The highest BCUT2D eigenvalue weighted by atomic mass is 19.1. The van der Waals surface area contributed by atoms with Gasteiger partial charge in [-0.15, -0.1) is 0 Å². The van der Waals surface area contributed by atoms with Crippen LogP contribution in [0.2, 0.25) is 0 Å². The number of aryl methyl sites for hydroxylation is 1. The zero-order valence-electron chi connectivity index (χ0n) is 11.9. The second kappa shape index (κ2) is 7.47. The zero-order chi connectivity index (χ0) is 13.5. The first-order valence-corrected chi connectivity index (χ1v) is 7.67. The molecule has 104 valence electrons. The number of rotatable bonds is 5. The fraction of sp³-hybridized carbons (Fsp3) is 0.556. The first-order valence-electron chi connectivity index (χ1n) is 7.67. The second-order valence-electron chi connectivity index (χ2n) is 5.77. The minimum absolute atomic E-state index is 0.639. The molecular weight excluding hydrogens is 235 g/mol. The van der Waals surface area contributed by atoms with E-state index in [0.29, 0.717) is 6.33 Å². The summed E-state index contributed by atoms with van der Waals surface area (Å²) in [6, 6.07) is 9.00. The SMILES string of the molecule is CC[C@H]1CC[C@H](c2ccc(CC/C=C/F)cc2)CC1. The molecule has 0 unspecified atom stereocenters. The lowest BCUT2D eigenvalue weighted by atomic mass is 9.78. The lowest BCUT2D eigenvalue weighted by Crippen LogP contribution is -2.12. The Balaban J connectivity index is 1.88. The molecule has 1 fully saturated rings. The van der Waals surface area contributed by atoms with Crippen LogP contribution in [0, 0.1) is 5.92 Å². The van der Waals surface area contributed by atoms with Gasteiger partial charge in [0.15, 0.2) is 0 Å². The molecule has 0 atom stereocenters. The molecule has 1 saturated carbocycles. The van der Waals surface area contributed by atoms with Gasteiger partial charge in [-0.05, 0) is 61.5 Å². The van der Waals surface area contributed by atoms with Crippen molar-refractivity contribution in [1.29, 1.82) is 0 Å². The van der Waals surface area contributed by atoms with Gasteiger partial charge in [0.25, 0.3) is 0 Å². The molecule has 0 amide bonds. The summed E-state index contributed by atoms with van der Waals surface area (Å²) in [4.78, 5) is 0. The lowest BCUT2D eigenvalue weighted by molar-refractivity contribution is 0.319. The van der Waals surface area contributed by atoms with Crippen LogP contribution in [0.5, 0.6) is 0 Å². The van der Waals surface area contributed by atoms with Crippen LogP contribution in [-0.2, 0) is 6.42 Å². The molecule has 0 aromatic heterocycles. The molecule has 19 heavy (non-hydrogen) atoms. The molecular formula is C18H25F. The van der Waals surface area contributed by atoms with Crippen molar-refractivity contribution in [3.05, 3.63) is 47.8 Å². The zero-order valence-corrected chi connectivity index (χ0v) is 11.9. The van der Waals surface area contributed by atoms with Crippen molar-refractivity contribution in [3.63, 3.8) is 0 Å². The standard InChI is InChI=1S/C18H25F/c1-2-15-6-10-17(11-7-15)18-12-8-16(9-13-18)5-3-4-14-19/h4,8-9,12-15,17H,2-3,5-7,10-11H2,1H3/b14-4+/t15-,17-.